The molecular formula is C18H22N4O2S. The minimum Gasteiger partial charge on any atom is -0.352 e. The number of nitrogens with zero attached hydrogens (tertiary/aromatic N) is 3. The number of hydrogen-bond acceptors (Lipinski definition) is 5. The summed E-state index contributed by atoms with van der Waals surface area (Å²) < 4.78 is 0. The highest BCUT2D eigenvalue weighted by atomic mass is 32.1. The molecule has 0 unspecified atom stereocenters. The van der Waals surface area contributed by atoms with E-state index in [4.69, 9.17) is 0 Å². The van der Waals surface area contributed by atoms with Crippen molar-refractivity contribution in [1.29, 1.82) is 0 Å². The summed E-state index contributed by atoms with van der Waals surface area (Å²) in [7, 11) is 0. The van der Waals surface area contributed by atoms with E-state index in [-0.39, 0.29) is 17.9 Å². The van der Waals surface area contributed by atoms with E-state index >= 15 is 0 Å². The van der Waals surface area contributed by atoms with Crippen molar-refractivity contribution < 1.29 is 9.59 Å². The molecule has 6 nitrogen and oxygen atoms in total. The molecule has 1 saturated heterocycles. The molecule has 1 aliphatic heterocycles. The van der Waals surface area contributed by atoms with Gasteiger partial charge in [-0.2, -0.15) is 0 Å². The van der Waals surface area contributed by atoms with Gasteiger partial charge in [0.1, 0.15) is 5.82 Å². The third-order valence-electron chi connectivity index (χ3n) is 4.34. The van der Waals surface area contributed by atoms with E-state index in [9.17, 15) is 9.59 Å². The Morgan fingerprint density at radius 2 is 2.28 bits per heavy atom. The molecule has 25 heavy (non-hydrogen) atoms. The number of likely N-dealkylation sites (tertiary alicyclic amines) is 1. The van der Waals surface area contributed by atoms with Crippen LogP contribution >= 0.6 is 11.3 Å². The fraction of sp³-hybridized carbons (Fsp3) is 0.444. The van der Waals surface area contributed by atoms with Crippen LogP contribution in [0.3, 0.4) is 0 Å². The van der Waals surface area contributed by atoms with E-state index in [1.54, 1.807) is 17.5 Å². The predicted molar refractivity (Wildman–Crippen MR) is 96.0 cm³/mol. The normalized spacial score (nSPS) is 16.9. The second-order valence-electron chi connectivity index (χ2n) is 6.24. The van der Waals surface area contributed by atoms with Crippen molar-refractivity contribution in [3.63, 3.8) is 0 Å². The van der Waals surface area contributed by atoms with Crippen LogP contribution in [0.4, 0.5) is 0 Å². The van der Waals surface area contributed by atoms with Gasteiger partial charge in [0.05, 0.1) is 18.2 Å². The lowest BCUT2D eigenvalue weighted by atomic mass is 10.1. The van der Waals surface area contributed by atoms with Crippen LogP contribution in [0, 0.1) is 6.92 Å². The van der Waals surface area contributed by atoms with Gasteiger partial charge in [0.15, 0.2) is 0 Å². The smallest absolute Gasteiger partial charge is 0.228 e. The third kappa shape index (κ3) is 4.22. The second-order valence-corrected chi connectivity index (χ2v) is 7.27. The SMILES string of the molecule is CC(=O)NCc1cnc(C)nc1[C@@H]1CCCN1C(=O)Cc1cccs1. The topological polar surface area (TPSA) is 75.2 Å². The Balaban J connectivity index is 1.82. The highest BCUT2D eigenvalue weighted by Crippen LogP contribution is 2.33. The quantitative estimate of drug-likeness (QED) is 0.890. The number of hydrogen-bond donors (Lipinski definition) is 1. The van der Waals surface area contributed by atoms with Crippen molar-refractivity contribution >= 4 is 23.2 Å². The predicted octanol–water partition coefficient (Wildman–Crippen LogP) is 2.39. The number of aromatic nitrogens is 2. The Kier molecular flexibility index (Phi) is 5.43. The van der Waals surface area contributed by atoms with Crippen molar-refractivity contribution in [3.8, 4) is 0 Å². The maximum Gasteiger partial charge on any atom is 0.228 e. The summed E-state index contributed by atoms with van der Waals surface area (Å²) in [5.41, 5.74) is 1.74. The molecule has 0 radical (unpaired) electrons. The van der Waals surface area contributed by atoms with Crippen molar-refractivity contribution in [2.45, 2.75) is 45.7 Å². The molecule has 2 aromatic rings. The summed E-state index contributed by atoms with van der Waals surface area (Å²) in [5, 5.41) is 4.79. The van der Waals surface area contributed by atoms with Gasteiger partial charge in [0.2, 0.25) is 11.8 Å². The molecular weight excluding hydrogens is 336 g/mol. The van der Waals surface area contributed by atoms with Gasteiger partial charge in [-0.05, 0) is 31.2 Å². The number of rotatable bonds is 5. The van der Waals surface area contributed by atoms with Crippen LogP contribution in [-0.4, -0.2) is 33.2 Å². The minimum atomic E-state index is -0.0939. The highest BCUT2D eigenvalue weighted by Gasteiger charge is 2.32. The first-order valence-corrected chi connectivity index (χ1v) is 9.31. The summed E-state index contributed by atoms with van der Waals surface area (Å²) >= 11 is 1.60. The molecule has 3 rings (SSSR count). The van der Waals surface area contributed by atoms with Gasteiger partial charge in [-0.1, -0.05) is 6.07 Å². The highest BCUT2D eigenvalue weighted by molar-refractivity contribution is 7.10. The van der Waals surface area contributed by atoms with Crippen LogP contribution in [0.1, 0.15) is 47.8 Å². The molecule has 0 bridgehead atoms. The third-order valence-corrected chi connectivity index (χ3v) is 5.22. The van der Waals surface area contributed by atoms with Gasteiger partial charge in [-0.15, -0.1) is 11.3 Å². The standard InChI is InChI=1S/C18H22N4O2S/c1-12-19-10-14(11-20-13(2)23)18(21-12)16-6-3-7-22(16)17(24)9-15-5-4-8-25-15/h4-5,8,10,16H,3,6-7,9,11H2,1-2H3,(H,20,23)/t16-/m0/s1. The van der Waals surface area contributed by atoms with E-state index in [1.165, 1.54) is 6.92 Å². The molecule has 0 aliphatic carbocycles. The zero-order chi connectivity index (χ0) is 17.8. The number of thiophene rings is 1. The van der Waals surface area contributed by atoms with E-state index in [0.29, 0.717) is 18.8 Å². The summed E-state index contributed by atoms with van der Waals surface area (Å²) in [6.45, 7) is 4.46. The van der Waals surface area contributed by atoms with Gasteiger partial charge in [-0.25, -0.2) is 9.97 Å². The maximum absolute atomic E-state index is 12.8. The Labute approximate surface area is 151 Å². The summed E-state index contributed by atoms with van der Waals surface area (Å²) in [6, 6.07) is 3.91. The van der Waals surface area contributed by atoms with Gasteiger partial charge in [-0.3, -0.25) is 9.59 Å². The average molecular weight is 358 g/mol. The number of nitrogens with one attached hydrogen (secondary N) is 1. The van der Waals surface area contributed by atoms with Gasteiger partial charge in [0, 0.05) is 36.7 Å². The van der Waals surface area contributed by atoms with Gasteiger partial charge in [0.25, 0.3) is 0 Å². The zero-order valence-corrected chi connectivity index (χ0v) is 15.3. The lowest BCUT2D eigenvalue weighted by Gasteiger charge is -2.26. The van der Waals surface area contributed by atoms with E-state index in [0.717, 1.165) is 35.5 Å². The Morgan fingerprint density at radius 3 is 3.00 bits per heavy atom. The molecule has 0 spiro atoms. The van der Waals surface area contributed by atoms with Crippen LogP contribution in [0.5, 0.6) is 0 Å². The van der Waals surface area contributed by atoms with Crippen LogP contribution in [0.15, 0.2) is 23.7 Å². The number of carbonyl (C=O) groups is 2. The van der Waals surface area contributed by atoms with Gasteiger partial charge >= 0.3 is 0 Å². The number of aryl methyl sites for hydroxylation is 1. The molecule has 0 aromatic carbocycles. The van der Waals surface area contributed by atoms with Crippen molar-refractivity contribution in [1.82, 2.24) is 20.2 Å². The molecule has 1 fully saturated rings. The summed E-state index contributed by atoms with van der Waals surface area (Å²) in [5.74, 6) is 0.717. The van der Waals surface area contributed by atoms with Crippen molar-refractivity contribution in [3.05, 3.63) is 45.7 Å². The Bertz CT molecular complexity index is 760. The first kappa shape index (κ1) is 17.5. The molecule has 7 heteroatoms. The zero-order valence-electron chi connectivity index (χ0n) is 14.5. The molecule has 1 atom stereocenters. The molecule has 2 amide bonds. The maximum atomic E-state index is 12.8. The number of amides is 2. The van der Waals surface area contributed by atoms with Crippen LogP contribution in [0.2, 0.25) is 0 Å². The molecule has 1 aliphatic rings. The van der Waals surface area contributed by atoms with E-state index in [1.807, 2.05) is 29.3 Å². The molecule has 2 aromatic heterocycles. The fourth-order valence-corrected chi connectivity index (χ4v) is 3.87. The minimum absolute atomic E-state index is 0.0436. The second kappa shape index (κ2) is 7.74. The Hall–Kier alpha value is -2.28. The van der Waals surface area contributed by atoms with Crippen molar-refractivity contribution in [2.24, 2.45) is 0 Å². The van der Waals surface area contributed by atoms with Crippen LogP contribution in [0.25, 0.3) is 0 Å². The Morgan fingerprint density at radius 1 is 1.44 bits per heavy atom. The van der Waals surface area contributed by atoms with E-state index in [2.05, 4.69) is 15.3 Å². The van der Waals surface area contributed by atoms with Crippen molar-refractivity contribution in [2.75, 3.05) is 6.54 Å². The van der Waals surface area contributed by atoms with Crippen LogP contribution < -0.4 is 5.32 Å². The van der Waals surface area contributed by atoms with E-state index < -0.39 is 0 Å². The first-order valence-electron chi connectivity index (χ1n) is 8.43. The van der Waals surface area contributed by atoms with Gasteiger partial charge < -0.3 is 10.2 Å². The molecule has 1 N–H and O–H groups in total. The first-order chi connectivity index (χ1) is 12.0. The van der Waals surface area contributed by atoms with Crippen LogP contribution in [-0.2, 0) is 22.6 Å². The largest absolute Gasteiger partial charge is 0.352 e. The molecule has 3 heterocycles. The lowest BCUT2D eigenvalue weighted by molar-refractivity contribution is -0.131. The fourth-order valence-electron chi connectivity index (χ4n) is 3.17. The summed E-state index contributed by atoms with van der Waals surface area (Å²) in [4.78, 5) is 35.9. The average Bonchev–Trinajstić information content (AvgIpc) is 3.24. The monoisotopic (exact) mass is 358 g/mol. The lowest BCUT2D eigenvalue weighted by Crippen LogP contribution is -2.33. The number of carbonyl (C=O) groups excluding carboxylic acids is 2. The molecule has 132 valence electrons. The summed E-state index contributed by atoms with van der Waals surface area (Å²) in [6.07, 6.45) is 4.04. The molecule has 0 saturated carbocycles.